The first-order valence-corrected chi connectivity index (χ1v) is 4.10. The molecule has 0 bridgehead atoms. The standard InChI is InChI=1S/C8H15NO3/c1-8(2)5-6(8)9-7(11)12-4-3-10/h6,10H,3-5H2,1-2H3,(H,9,11). The number of aliphatic hydroxyl groups is 1. The summed E-state index contributed by atoms with van der Waals surface area (Å²) in [5.74, 6) is 0. The molecule has 0 aromatic rings. The van der Waals surface area contributed by atoms with E-state index in [-0.39, 0.29) is 24.7 Å². The molecule has 4 nitrogen and oxygen atoms in total. The van der Waals surface area contributed by atoms with Crippen molar-refractivity contribution in [3.63, 3.8) is 0 Å². The molecule has 0 aromatic heterocycles. The van der Waals surface area contributed by atoms with Crippen molar-refractivity contribution in [2.75, 3.05) is 13.2 Å². The third-order valence-electron chi connectivity index (χ3n) is 2.13. The molecule has 4 heteroatoms. The van der Waals surface area contributed by atoms with Gasteiger partial charge in [0.2, 0.25) is 0 Å². The van der Waals surface area contributed by atoms with Crippen molar-refractivity contribution < 1.29 is 14.6 Å². The van der Waals surface area contributed by atoms with E-state index in [0.29, 0.717) is 0 Å². The van der Waals surface area contributed by atoms with Gasteiger partial charge < -0.3 is 15.2 Å². The lowest BCUT2D eigenvalue weighted by Gasteiger charge is -2.06. The summed E-state index contributed by atoms with van der Waals surface area (Å²) >= 11 is 0. The van der Waals surface area contributed by atoms with Gasteiger partial charge in [0.15, 0.2) is 0 Å². The molecule has 0 aliphatic heterocycles. The van der Waals surface area contributed by atoms with E-state index in [9.17, 15) is 4.79 Å². The van der Waals surface area contributed by atoms with Gasteiger partial charge in [-0.15, -0.1) is 0 Å². The zero-order valence-corrected chi connectivity index (χ0v) is 7.46. The summed E-state index contributed by atoms with van der Waals surface area (Å²) in [6.07, 6.45) is 0.570. The van der Waals surface area contributed by atoms with Crippen molar-refractivity contribution in [3.8, 4) is 0 Å². The van der Waals surface area contributed by atoms with Crippen molar-refractivity contribution in [1.82, 2.24) is 5.32 Å². The van der Waals surface area contributed by atoms with Crippen LogP contribution in [0.2, 0.25) is 0 Å². The molecule has 0 saturated heterocycles. The number of ether oxygens (including phenoxy) is 1. The van der Waals surface area contributed by atoms with Crippen LogP contribution < -0.4 is 5.32 Å². The minimum absolute atomic E-state index is 0.0684. The maximum absolute atomic E-state index is 10.9. The van der Waals surface area contributed by atoms with Gasteiger partial charge in [-0.1, -0.05) is 13.8 Å². The molecule has 0 aromatic carbocycles. The monoisotopic (exact) mass is 173 g/mol. The van der Waals surface area contributed by atoms with Gasteiger partial charge in [0.1, 0.15) is 6.61 Å². The van der Waals surface area contributed by atoms with E-state index >= 15 is 0 Å². The third kappa shape index (κ3) is 2.37. The summed E-state index contributed by atoms with van der Waals surface area (Å²) in [5.41, 5.74) is 0.220. The highest BCUT2D eigenvalue weighted by Crippen LogP contribution is 2.44. The first kappa shape index (κ1) is 9.32. The number of carbonyl (C=O) groups excluding carboxylic acids is 1. The summed E-state index contributed by atoms with van der Waals surface area (Å²) in [5, 5.41) is 11.1. The number of nitrogens with one attached hydrogen (secondary N) is 1. The van der Waals surface area contributed by atoms with Crippen LogP contribution in [0.5, 0.6) is 0 Å². The lowest BCUT2D eigenvalue weighted by molar-refractivity contribution is 0.118. The fraction of sp³-hybridized carbons (Fsp3) is 0.875. The number of carbonyl (C=O) groups is 1. The molecule has 70 valence electrons. The van der Waals surface area contributed by atoms with E-state index in [0.717, 1.165) is 6.42 Å². The quantitative estimate of drug-likeness (QED) is 0.653. The maximum Gasteiger partial charge on any atom is 0.407 e. The predicted molar refractivity (Wildman–Crippen MR) is 43.8 cm³/mol. The predicted octanol–water partition coefficient (Wildman–Crippen LogP) is 0.503. The lowest BCUT2D eigenvalue weighted by Crippen LogP contribution is -2.29. The van der Waals surface area contributed by atoms with Gasteiger partial charge in [-0.25, -0.2) is 4.79 Å². The minimum atomic E-state index is -0.431. The average molecular weight is 173 g/mol. The molecular weight excluding hydrogens is 158 g/mol. The Labute approximate surface area is 71.9 Å². The molecular formula is C8H15NO3. The molecule has 1 aliphatic carbocycles. The van der Waals surface area contributed by atoms with E-state index in [1.54, 1.807) is 0 Å². The molecule has 0 spiro atoms. The van der Waals surface area contributed by atoms with Crippen molar-refractivity contribution in [3.05, 3.63) is 0 Å². The fourth-order valence-electron chi connectivity index (χ4n) is 1.04. The molecule has 0 heterocycles. The van der Waals surface area contributed by atoms with E-state index < -0.39 is 6.09 Å². The van der Waals surface area contributed by atoms with Gasteiger partial charge in [-0.3, -0.25) is 0 Å². The third-order valence-corrected chi connectivity index (χ3v) is 2.13. The van der Waals surface area contributed by atoms with Crippen LogP contribution in [-0.2, 0) is 4.74 Å². The molecule has 1 saturated carbocycles. The van der Waals surface area contributed by atoms with Crippen LogP contribution in [0, 0.1) is 5.41 Å². The summed E-state index contributed by atoms with van der Waals surface area (Å²) in [6, 6.07) is 0.240. The number of aliphatic hydroxyl groups excluding tert-OH is 1. The molecule has 1 rings (SSSR count). The smallest absolute Gasteiger partial charge is 0.407 e. The number of alkyl carbamates (subject to hydrolysis) is 1. The second-order valence-electron chi connectivity index (χ2n) is 3.75. The Morgan fingerprint density at radius 1 is 1.75 bits per heavy atom. The molecule has 1 fully saturated rings. The molecule has 1 amide bonds. The summed E-state index contributed by atoms with van der Waals surface area (Å²) in [4.78, 5) is 10.9. The Bertz CT molecular complexity index is 179. The highest BCUT2D eigenvalue weighted by molar-refractivity contribution is 5.68. The van der Waals surface area contributed by atoms with Crippen LogP contribution in [0.3, 0.4) is 0 Å². The van der Waals surface area contributed by atoms with Crippen molar-refractivity contribution in [1.29, 1.82) is 0 Å². The van der Waals surface area contributed by atoms with Crippen molar-refractivity contribution in [2.45, 2.75) is 26.3 Å². The number of rotatable bonds is 3. The fourth-order valence-corrected chi connectivity index (χ4v) is 1.04. The van der Waals surface area contributed by atoms with Gasteiger partial charge in [0.05, 0.1) is 6.61 Å². The van der Waals surface area contributed by atoms with Crippen molar-refractivity contribution >= 4 is 6.09 Å². The molecule has 0 radical (unpaired) electrons. The van der Waals surface area contributed by atoms with E-state index in [1.165, 1.54) is 0 Å². The average Bonchev–Trinajstić information content (AvgIpc) is 2.54. The summed E-state index contributed by atoms with van der Waals surface area (Å²) in [6.45, 7) is 4.12. The SMILES string of the molecule is CC1(C)CC1NC(=O)OCCO. The maximum atomic E-state index is 10.9. The normalized spacial score (nSPS) is 24.8. The second kappa shape index (κ2) is 3.31. The Hall–Kier alpha value is -0.770. The summed E-state index contributed by atoms with van der Waals surface area (Å²) in [7, 11) is 0. The molecule has 1 aliphatic rings. The first-order chi connectivity index (χ1) is 5.56. The second-order valence-corrected chi connectivity index (χ2v) is 3.75. The topological polar surface area (TPSA) is 58.6 Å². The van der Waals surface area contributed by atoms with Crippen LogP contribution in [-0.4, -0.2) is 30.5 Å². The van der Waals surface area contributed by atoms with Crippen LogP contribution in [0.15, 0.2) is 0 Å². The molecule has 2 N–H and O–H groups in total. The highest BCUT2D eigenvalue weighted by atomic mass is 16.6. The Balaban J connectivity index is 2.12. The van der Waals surface area contributed by atoms with Gasteiger partial charge in [0.25, 0.3) is 0 Å². The van der Waals surface area contributed by atoms with E-state index in [1.807, 2.05) is 0 Å². The van der Waals surface area contributed by atoms with E-state index in [2.05, 4.69) is 23.9 Å². The van der Waals surface area contributed by atoms with Crippen molar-refractivity contribution in [2.24, 2.45) is 5.41 Å². The van der Waals surface area contributed by atoms with Crippen LogP contribution in [0.1, 0.15) is 20.3 Å². The Morgan fingerprint density at radius 2 is 2.33 bits per heavy atom. The largest absolute Gasteiger partial charge is 0.447 e. The van der Waals surface area contributed by atoms with Crippen LogP contribution in [0.4, 0.5) is 4.79 Å². The minimum Gasteiger partial charge on any atom is -0.447 e. The van der Waals surface area contributed by atoms with Crippen LogP contribution in [0.25, 0.3) is 0 Å². The van der Waals surface area contributed by atoms with Gasteiger partial charge >= 0.3 is 6.09 Å². The Kier molecular flexibility index (Phi) is 2.57. The van der Waals surface area contributed by atoms with E-state index in [4.69, 9.17) is 5.11 Å². The number of amides is 1. The first-order valence-electron chi connectivity index (χ1n) is 4.10. The number of hydrogen-bond donors (Lipinski definition) is 2. The molecule has 1 atom stereocenters. The highest BCUT2D eigenvalue weighted by Gasteiger charge is 2.46. The summed E-state index contributed by atoms with van der Waals surface area (Å²) < 4.78 is 4.64. The lowest BCUT2D eigenvalue weighted by atomic mass is 10.2. The zero-order chi connectivity index (χ0) is 9.19. The van der Waals surface area contributed by atoms with Crippen LogP contribution >= 0.6 is 0 Å². The molecule has 1 unspecified atom stereocenters. The van der Waals surface area contributed by atoms with Gasteiger partial charge in [0, 0.05) is 6.04 Å². The Morgan fingerprint density at radius 3 is 2.75 bits per heavy atom. The zero-order valence-electron chi connectivity index (χ0n) is 7.46. The van der Waals surface area contributed by atoms with Gasteiger partial charge in [-0.2, -0.15) is 0 Å². The molecule has 12 heavy (non-hydrogen) atoms. The number of hydrogen-bond acceptors (Lipinski definition) is 3. The van der Waals surface area contributed by atoms with Gasteiger partial charge in [-0.05, 0) is 11.8 Å².